The maximum atomic E-state index is 8.77. The molecule has 0 unspecified atom stereocenters. The second-order valence-electron chi connectivity index (χ2n) is 14.5. The minimum atomic E-state index is -2.18. The van der Waals surface area contributed by atoms with E-state index in [4.69, 9.17) is 20.4 Å². The number of benzene rings is 4. The molecule has 0 aliphatic rings. The summed E-state index contributed by atoms with van der Waals surface area (Å²) in [7, 11) is 0. The van der Waals surface area contributed by atoms with Crippen molar-refractivity contribution in [1.29, 1.82) is 0 Å². The van der Waals surface area contributed by atoms with Gasteiger partial charge >= 0.3 is 0 Å². The summed E-state index contributed by atoms with van der Waals surface area (Å²) in [6.07, 6.45) is 3.27. The van der Waals surface area contributed by atoms with E-state index in [0.717, 1.165) is 27.6 Å². The first kappa shape index (κ1) is 29.2. The molecule has 4 aromatic carbocycles. The topological polar surface area (TPSA) is 51.8 Å². The molecule has 0 saturated heterocycles. The Balaban J connectivity index is 0.000000258. The predicted octanol–water partition coefficient (Wildman–Crippen LogP) is 12.6. The molecular formula is C49H45IrN3O-2. The standard InChI is InChI=1S/C36H33N2O.C13H12N.Ir/c1-35(2,3)23-24-18-20-37-31(22-24)30-13-9-12-28-29-19-21-38-34(33(29)39-32(28)30)36(4,5)27-16-14-26(15-17-27)25-10-7-6-8-11-25;1-10-3-6-12(7-4-10)13-8-5-11(2)9-14-13;/h6-12,14-22H,23H2,1-5H3;3-6,8-9H,1-2H3;/q2*-1;/i23D2;1D3,2D3;. The molecule has 1 radical (unpaired) electrons. The van der Waals surface area contributed by atoms with Gasteiger partial charge in [-0.3, -0.25) is 4.98 Å². The number of aryl methyl sites for hydroxylation is 2. The van der Waals surface area contributed by atoms with Crippen LogP contribution in [0.1, 0.15) is 73.5 Å². The summed E-state index contributed by atoms with van der Waals surface area (Å²) >= 11 is 0. The Bertz CT molecular complexity index is 2740. The van der Waals surface area contributed by atoms with Gasteiger partial charge in [-0.15, -0.1) is 53.6 Å². The molecule has 4 heterocycles. The van der Waals surface area contributed by atoms with Gasteiger partial charge in [0, 0.05) is 60.5 Å². The zero-order valence-electron chi connectivity index (χ0n) is 38.8. The van der Waals surface area contributed by atoms with Crippen LogP contribution in [0.4, 0.5) is 0 Å². The van der Waals surface area contributed by atoms with Crippen molar-refractivity contribution in [3.63, 3.8) is 0 Å². The van der Waals surface area contributed by atoms with Gasteiger partial charge in [-0.2, -0.15) is 0 Å². The molecule has 0 aliphatic heterocycles. The summed E-state index contributed by atoms with van der Waals surface area (Å²) in [5.74, 6) is 0. The molecule has 0 N–H and O–H groups in total. The van der Waals surface area contributed by atoms with Crippen LogP contribution in [0, 0.1) is 31.3 Å². The Morgan fingerprint density at radius 3 is 2.09 bits per heavy atom. The van der Waals surface area contributed by atoms with E-state index in [1.165, 1.54) is 35.5 Å². The molecule has 0 amide bonds. The van der Waals surface area contributed by atoms with Crippen LogP contribution >= 0.6 is 0 Å². The second kappa shape index (κ2) is 16.0. The van der Waals surface area contributed by atoms with Crippen molar-refractivity contribution >= 4 is 21.9 Å². The number of hydrogen-bond donors (Lipinski definition) is 0. The number of aromatic nitrogens is 3. The van der Waals surface area contributed by atoms with Crippen molar-refractivity contribution < 1.29 is 35.5 Å². The Labute approximate surface area is 344 Å². The van der Waals surface area contributed by atoms with E-state index in [9.17, 15) is 0 Å². The molecule has 8 rings (SSSR count). The normalized spacial score (nSPS) is 14.5. The monoisotopic (exact) mass is 892 g/mol. The summed E-state index contributed by atoms with van der Waals surface area (Å²) in [5.41, 5.74) is 8.24. The van der Waals surface area contributed by atoms with Gasteiger partial charge in [0.15, 0.2) is 0 Å². The molecule has 0 saturated carbocycles. The third-order valence-electron chi connectivity index (χ3n) is 9.04. The minimum Gasteiger partial charge on any atom is -0.499 e. The molecule has 0 aliphatic carbocycles. The third kappa shape index (κ3) is 8.44. The van der Waals surface area contributed by atoms with Crippen LogP contribution < -0.4 is 0 Å². The van der Waals surface area contributed by atoms with E-state index in [2.05, 4.69) is 84.5 Å². The zero-order chi connectivity index (χ0) is 44.0. The fourth-order valence-corrected chi connectivity index (χ4v) is 6.37. The van der Waals surface area contributed by atoms with Crippen molar-refractivity contribution in [2.45, 2.75) is 60.1 Å². The number of rotatable bonds is 6. The van der Waals surface area contributed by atoms with Gasteiger partial charge < -0.3 is 14.4 Å². The second-order valence-corrected chi connectivity index (χ2v) is 14.5. The summed E-state index contributed by atoms with van der Waals surface area (Å²) in [6.45, 7) is 5.73. The van der Waals surface area contributed by atoms with Crippen LogP contribution in [-0.4, -0.2) is 15.0 Å². The maximum absolute atomic E-state index is 8.77. The maximum Gasteiger partial charge on any atom is 0.143 e. The van der Waals surface area contributed by atoms with E-state index in [1.54, 1.807) is 24.4 Å². The van der Waals surface area contributed by atoms with Crippen molar-refractivity contribution in [3.05, 3.63) is 174 Å². The first-order valence-electron chi connectivity index (χ1n) is 21.5. The third-order valence-corrected chi connectivity index (χ3v) is 9.04. The van der Waals surface area contributed by atoms with Gasteiger partial charge in [-0.05, 0) is 64.4 Å². The van der Waals surface area contributed by atoms with E-state index in [-0.39, 0.29) is 31.2 Å². The molecule has 8 aromatic rings. The Morgan fingerprint density at radius 2 is 1.41 bits per heavy atom. The SMILES string of the molecule is [2H]C([2H])([2H])c1c[c-]c(-c2ccc(C([2H])([2H])[2H])cn2)cc1.[2H]C([2H])(c1ccnc(-c2[c-]ccc3c2oc2c(C(C)(C)c4ccc(-c5ccccc5)cc4)nccc23)c1)C(C)(C)C.[Ir]. The van der Waals surface area contributed by atoms with E-state index >= 15 is 0 Å². The molecule has 0 spiro atoms. The summed E-state index contributed by atoms with van der Waals surface area (Å²) in [5, 5.41) is 1.94. The number of furan rings is 1. The average molecular weight is 892 g/mol. The molecule has 5 heteroatoms. The molecule has 4 nitrogen and oxygen atoms in total. The molecule has 54 heavy (non-hydrogen) atoms. The van der Waals surface area contributed by atoms with Crippen molar-refractivity contribution in [2.24, 2.45) is 5.41 Å². The summed E-state index contributed by atoms with van der Waals surface area (Å²) in [4.78, 5) is 13.5. The summed E-state index contributed by atoms with van der Waals surface area (Å²) < 4.78 is 67.8. The first-order valence-corrected chi connectivity index (χ1v) is 17.5. The zero-order valence-corrected chi connectivity index (χ0v) is 33.2. The fourth-order valence-electron chi connectivity index (χ4n) is 6.37. The smallest absolute Gasteiger partial charge is 0.143 e. The summed E-state index contributed by atoms with van der Waals surface area (Å²) in [6, 6.07) is 42.2. The van der Waals surface area contributed by atoms with Gasteiger partial charge in [0.1, 0.15) is 5.58 Å². The Hall–Kier alpha value is -5.22. The van der Waals surface area contributed by atoms with Gasteiger partial charge in [0.25, 0.3) is 0 Å². The van der Waals surface area contributed by atoms with E-state index < -0.39 is 30.9 Å². The van der Waals surface area contributed by atoms with Gasteiger partial charge in [-0.1, -0.05) is 131 Å². The average Bonchev–Trinajstić information content (AvgIpc) is 3.63. The van der Waals surface area contributed by atoms with Crippen molar-refractivity contribution in [1.82, 2.24) is 15.0 Å². The number of fused-ring (bicyclic) bond motifs is 3. The quantitative estimate of drug-likeness (QED) is 0.156. The van der Waals surface area contributed by atoms with Crippen LogP contribution in [0.25, 0.3) is 55.6 Å². The van der Waals surface area contributed by atoms with Crippen LogP contribution in [0.15, 0.2) is 138 Å². The van der Waals surface area contributed by atoms with Gasteiger partial charge in [-0.25, -0.2) is 0 Å². The van der Waals surface area contributed by atoms with Crippen LogP contribution in [-0.2, 0) is 31.9 Å². The van der Waals surface area contributed by atoms with Crippen LogP contribution in [0.2, 0.25) is 0 Å². The van der Waals surface area contributed by atoms with Gasteiger partial charge in [0.2, 0.25) is 0 Å². The minimum absolute atomic E-state index is 0. The van der Waals surface area contributed by atoms with Crippen molar-refractivity contribution in [2.75, 3.05) is 0 Å². The number of hydrogen-bond acceptors (Lipinski definition) is 4. The molecule has 0 bridgehead atoms. The van der Waals surface area contributed by atoms with Gasteiger partial charge in [0.05, 0.1) is 11.3 Å². The molecule has 0 fully saturated rings. The van der Waals surface area contributed by atoms with Crippen LogP contribution in [0.5, 0.6) is 0 Å². The number of nitrogens with zero attached hydrogens (tertiary/aromatic N) is 3. The number of pyridine rings is 3. The predicted molar refractivity (Wildman–Crippen MR) is 219 cm³/mol. The fraction of sp³-hybridized carbons (Fsp3) is 0.204. The van der Waals surface area contributed by atoms with Crippen LogP contribution in [0.3, 0.4) is 0 Å². The molecule has 0 atom stereocenters. The van der Waals surface area contributed by atoms with Crippen molar-refractivity contribution in [3.8, 4) is 33.6 Å². The first-order chi connectivity index (χ1) is 28.7. The van der Waals surface area contributed by atoms with E-state index in [1.807, 2.05) is 57.3 Å². The Morgan fingerprint density at radius 1 is 0.685 bits per heavy atom. The largest absolute Gasteiger partial charge is 0.499 e. The molecule has 273 valence electrons. The molecule has 4 aromatic heterocycles. The Kier molecular flexibility index (Phi) is 8.66. The molecular weight excluding hydrogens is 839 g/mol. The van der Waals surface area contributed by atoms with E-state index in [0.29, 0.717) is 33.7 Å².